The van der Waals surface area contributed by atoms with Gasteiger partial charge in [-0.15, -0.1) is 12.8 Å². The van der Waals surface area contributed by atoms with Crippen LogP contribution >= 0.6 is 0 Å². The highest BCUT2D eigenvalue weighted by Gasteiger charge is 2.01. The Morgan fingerprint density at radius 3 is 2.06 bits per heavy atom. The lowest BCUT2D eigenvalue weighted by atomic mass is 9.99. The van der Waals surface area contributed by atoms with Gasteiger partial charge in [-0.1, -0.05) is 42.2 Å². The van der Waals surface area contributed by atoms with E-state index >= 15 is 0 Å². The van der Waals surface area contributed by atoms with Gasteiger partial charge in [0.15, 0.2) is 0 Å². The van der Waals surface area contributed by atoms with Crippen LogP contribution in [0.1, 0.15) is 11.1 Å². The molecule has 0 heteroatoms. The molecule has 0 aliphatic carbocycles. The predicted octanol–water partition coefficient (Wildman–Crippen LogP) is 3.32. The Balaban J connectivity index is 2.52. The van der Waals surface area contributed by atoms with Crippen LogP contribution in [0.15, 0.2) is 48.5 Å². The second kappa shape index (κ2) is 4.39. The van der Waals surface area contributed by atoms with Crippen LogP contribution in [0.25, 0.3) is 11.1 Å². The van der Waals surface area contributed by atoms with Gasteiger partial charge in [-0.2, -0.15) is 0 Å². The van der Waals surface area contributed by atoms with Crippen molar-refractivity contribution in [2.75, 3.05) is 0 Å². The summed E-state index contributed by atoms with van der Waals surface area (Å²) in [4.78, 5) is 0. The molecule has 0 bridgehead atoms. The van der Waals surface area contributed by atoms with Gasteiger partial charge < -0.3 is 0 Å². The highest BCUT2D eigenvalue weighted by molar-refractivity contribution is 5.71. The van der Waals surface area contributed by atoms with E-state index in [1.165, 1.54) is 0 Å². The van der Waals surface area contributed by atoms with E-state index in [9.17, 15) is 0 Å². The zero-order chi connectivity index (χ0) is 11.4. The number of rotatable bonds is 1. The maximum atomic E-state index is 5.46. The molecule has 0 radical (unpaired) electrons. The summed E-state index contributed by atoms with van der Waals surface area (Å²) in [7, 11) is 0. The van der Waals surface area contributed by atoms with E-state index in [-0.39, 0.29) is 0 Å². The molecule has 16 heavy (non-hydrogen) atoms. The van der Waals surface area contributed by atoms with Gasteiger partial charge in [0.05, 0.1) is 0 Å². The third-order valence-corrected chi connectivity index (χ3v) is 2.45. The minimum absolute atomic E-state index is 0.877. The summed E-state index contributed by atoms with van der Waals surface area (Å²) in [5.74, 6) is 5.28. The van der Waals surface area contributed by atoms with E-state index < -0.39 is 0 Å². The van der Waals surface area contributed by atoms with Gasteiger partial charge >= 0.3 is 0 Å². The molecule has 2 aromatic carbocycles. The lowest BCUT2D eigenvalue weighted by Crippen LogP contribution is -1.83. The molecule has 2 rings (SSSR count). The van der Waals surface area contributed by atoms with Crippen molar-refractivity contribution in [3.63, 3.8) is 0 Å². The highest BCUT2D eigenvalue weighted by atomic mass is 14.0. The summed E-state index contributed by atoms with van der Waals surface area (Å²) in [5, 5.41) is 0. The van der Waals surface area contributed by atoms with Crippen molar-refractivity contribution in [3.8, 4) is 35.8 Å². The summed E-state index contributed by atoms with van der Waals surface area (Å²) in [5.41, 5.74) is 3.93. The van der Waals surface area contributed by atoms with E-state index in [0.29, 0.717) is 0 Å². The largest absolute Gasteiger partial charge is 0.115 e. The van der Waals surface area contributed by atoms with Crippen LogP contribution in [-0.2, 0) is 0 Å². The molecular formula is C16H10. The highest BCUT2D eigenvalue weighted by Crippen LogP contribution is 2.23. The Hall–Kier alpha value is -2.44. The summed E-state index contributed by atoms with van der Waals surface area (Å²) in [6.07, 6.45) is 10.8. The zero-order valence-electron chi connectivity index (χ0n) is 8.77. The van der Waals surface area contributed by atoms with Crippen LogP contribution in [0.5, 0.6) is 0 Å². The van der Waals surface area contributed by atoms with Crippen LogP contribution in [0.3, 0.4) is 0 Å². The van der Waals surface area contributed by atoms with Crippen molar-refractivity contribution >= 4 is 0 Å². The van der Waals surface area contributed by atoms with Gasteiger partial charge in [0.25, 0.3) is 0 Å². The third kappa shape index (κ3) is 1.83. The van der Waals surface area contributed by atoms with E-state index in [1.54, 1.807) is 0 Å². The maximum absolute atomic E-state index is 5.46. The first-order valence-corrected chi connectivity index (χ1v) is 4.98. The molecule has 0 saturated heterocycles. The predicted molar refractivity (Wildman–Crippen MR) is 67.7 cm³/mol. The Morgan fingerprint density at radius 2 is 1.44 bits per heavy atom. The van der Waals surface area contributed by atoms with Crippen molar-refractivity contribution in [2.24, 2.45) is 0 Å². The average Bonchev–Trinajstić information content (AvgIpc) is 2.39. The molecule has 0 heterocycles. The fourth-order valence-corrected chi connectivity index (χ4v) is 1.61. The topological polar surface area (TPSA) is 0 Å². The van der Waals surface area contributed by atoms with Crippen LogP contribution in [0, 0.1) is 24.7 Å². The molecule has 0 aliphatic heterocycles. The van der Waals surface area contributed by atoms with Crippen LogP contribution in [0.2, 0.25) is 0 Å². The zero-order valence-corrected chi connectivity index (χ0v) is 8.77. The minimum atomic E-state index is 0.877. The maximum Gasteiger partial charge on any atom is 0.0321 e. The molecule has 0 unspecified atom stereocenters. The normalized spacial score (nSPS) is 9.12. The fraction of sp³-hybridized carbons (Fsp3) is 0. The molecule has 0 fully saturated rings. The van der Waals surface area contributed by atoms with Crippen molar-refractivity contribution in [1.29, 1.82) is 0 Å². The first-order chi connectivity index (χ1) is 7.85. The molecule has 2 aromatic rings. The first-order valence-electron chi connectivity index (χ1n) is 4.98. The van der Waals surface area contributed by atoms with Gasteiger partial charge in [0, 0.05) is 11.1 Å². The van der Waals surface area contributed by atoms with Crippen molar-refractivity contribution in [1.82, 2.24) is 0 Å². The van der Waals surface area contributed by atoms with Gasteiger partial charge in [-0.05, 0) is 29.3 Å². The van der Waals surface area contributed by atoms with E-state index in [1.807, 2.05) is 48.5 Å². The van der Waals surface area contributed by atoms with E-state index in [0.717, 1.165) is 22.3 Å². The first kappa shape index (κ1) is 10.1. The molecular weight excluding hydrogens is 192 g/mol. The van der Waals surface area contributed by atoms with Crippen molar-refractivity contribution < 1.29 is 0 Å². The van der Waals surface area contributed by atoms with Gasteiger partial charge in [-0.25, -0.2) is 0 Å². The molecule has 0 aliphatic rings. The van der Waals surface area contributed by atoms with E-state index in [4.69, 9.17) is 12.8 Å². The fourth-order valence-electron chi connectivity index (χ4n) is 1.61. The second-order valence-corrected chi connectivity index (χ2v) is 3.41. The Kier molecular flexibility index (Phi) is 2.77. The number of hydrogen-bond acceptors (Lipinski definition) is 0. The molecule has 0 aromatic heterocycles. The Bertz CT molecular complexity index is 575. The SMILES string of the molecule is C#Cc1ccc(-c2ccccc2C#C)cc1. The van der Waals surface area contributed by atoms with Gasteiger partial charge in [0.1, 0.15) is 0 Å². The standard InChI is InChI=1S/C16H10/c1-3-13-9-11-15(12-10-13)16-8-6-5-7-14(16)4-2/h1-2,5-12H. The summed E-state index contributed by atoms with van der Waals surface area (Å²) < 4.78 is 0. The quantitative estimate of drug-likeness (QED) is 0.622. The van der Waals surface area contributed by atoms with Crippen molar-refractivity contribution in [3.05, 3.63) is 59.7 Å². The molecule has 74 valence electrons. The van der Waals surface area contributed by atoms with Gasteiger partial charge in [0.2, 0.25) is 0 Å². The number of benzene rings is 2. The van der Waals surface area contributed by atoms with Crippen LogP contribution in [0.4, 0.5) is 0 Å². The third-order valence-electron chi connectivity index (χ3n) is 2.45. The summed E-state index contributed by atoms with van der Waals surface area (Å²) >= 11 is 0. The van der Waals surface area contributed by atoms with Crippen LogP contribution in [-0.4, -0.2) is 0 Å². The number of hydrogen-bond donors (Lipinski definition) is 0. The molecule has 0 amide bonds. The smallest absolute Gasteiger partial charge is 0.0321 e. The van der Waals surface area contributed by atoms with E-state index in [2.05, 4.69) is 11.8 Å². The minimum Gasteiger partial charge on any atom is -0.115 e. The second-order valence-electron chi connectivity index (χ2n) is 3.41. The molecule has 0 nitrogen and oxygen atoms in total. The molecule has 0 spiro atoms. The van der Waals surface area contributed by atoms with Crippen molar-refractivity contribution in [2.45, 2.75) is 0 Å². The Labute approximate surface area is 95.9 Å². The molecule has 0 N–H and O–H groups in total. The number of terminal acetylenes is 2. The molecule has 0 atom stereocenters. The summed E-state index contributed by atoms with van der Waals surface area (Å²) in [6, 6.07) is 15.7. The Morgan fingerprint density at radius 1 is 0.750 bits per heavy atom. The molecule has 0 saturated carbocycles. The monoisotopic (exact) mass is 202 g/mol. The summed E-state index contributed by atoms with van der Waals surface area (Å²) in [6.45, 7) is 0. The van der Waals surface area contributed by atoms with Gasteiger partial charge in [-0.3, -0.25) is 0 Å². The van der Waals surface area contributed by atoms with Crippen LogP contribution < -0.4 is 0 Å². The average molecular weight is 202 g/mol. The lowest BCUT2D eigenvalue weighted by Gasteiger charge is -2.04. The lowest BCUT2D eigenvalue weighted by molar-refractivity contribution is 1.57.